The smallest absolute Gasteiger partial charge is 0.262 e. The minimum absolute atomic E-state index is 0.0523. The number of para-hydroxylation sites is 1. The lowest BCUT2D eigenvalue weighted by Gasteiger charge is -2.20. The third-order valence-corrected chi connectivity index (χ3v) is 2.30. The van der Waals surface area contributed by atoms with Gasteiger partial charge in [0, 0.05) is 6.04 Å². The molecule has 1 aromatic carbocycles. The van der Waals surface area contributed by atoms with Crippen molar-refractivity contribution in [1.29, 1.82) is 0 Å². The molecule has 90 valence electrons. The zero-order chi connectivity index (χ0) is 12.4. The maximum Gasteiger partial charge on any atom is 0.262 e. The summed E-state index contributed by atoms with van der Waals surface area (Å²) in [5.41, 5.74) is 0.980. The Hall–Kier alpha value is -2.04. The molecule has 0 radical (unpaired) electrons. The molecule has 5 heteroatoms. The number of nitrogens with one attached hydrogen (secondary N) is 2. The van der Waals surface area contributed by atoms with E-state index in [1.54, 1.807) is 18.2 Å². The van der Waals surface area contributed by atoms with Crippen LogP contribution in [0.1, 0.15) is 24.2 Å². The molecule has 2 N–H and O–H groups in total. The van der Waals surface area contributed by atoms with E-state index in [1.807, 2.05) is 13.8 Å². The maximum atomic E-state index is 11.9. The molecule has 0 saturated heterocycles. The fraction of sp³-hybridized carbons (Fsp3) is 0.333. The summed E-state index contributed by atoms with van der Waals surface area (Å²) in [6, 6.07) is 5.15. The van der Waals surface area contributed by atoms with E-state index in [-0.39, 0.29) is 24.5 Å². The van der Waals surface area contributed by atoms with Gasteiger partial charge in [-0.05, 0) is 26.0 Å². The Labute approximate surface area is 99.2 Å². The average molecular weight is 234 g/mol. The van der Waals surface area contributed by atoms with E-state index in [0.717, 1.165) is 0 Å². The van der Waals surface area contributed by atoms with Gasteiger partial charge in [0.1, 0.15) is 0 Å². The monoisotopic (exact) mass is 234 g/mol. The van der Waals surface area contributed by atoms with Gasteiger partial charge in [0.15, 0.2) is 12.4 Å². The molecule has 5 nitrogen and oxygen atoms in total. The molecular formula is C12H14N2O3. The van der Waals surface area contributed by atoms with Crippen LogP contribution >= 0.6 is 0 Å². The van der Waals surface area contributed by atoms with E-state index in [9.17, 15) is 9.59 Å². The van der Waals surface area contributed by atoms with Crippen molar-refractivity contribution in [2.45, 2.75) is 19.9 Å². The Morgan fingerprint density at radius 3 is 2.94 bits per heavy atom. The zero-order valence-corrected chi connectivity index (χ0v) is 9.74. The molecule has 1 aromatic rings. The second-order valence-electron chi connectivity index (χ2n) is 4.15. The molecule has 0 atom stereocenters. The van der Waals surface area contributed by atoms with Crippen molar-refractivity contribution in [3.8, 4) is 5.75 Å². The van der Waals surface area contributed by atoms with Gasteiger partial charge in [-0.1, -0.05) is 6.07 Å². The fourth-order valence-electron chi connectivity index (χ4n) is 1.63. The van der Waals surface area contributed by atoms with Gasteiger partial charge in [-0.2, -0.15) is 0 Å². The van der Waals surface area contributed by atoms with Crippen LogP contribution in [0, 0.1) is 0 Å². The van der Waals surface area contributed by atoms with Crippen LogP contribution in [0.5, 0.6) is 5.75 Å². The molecule has 0 spiro atoms. The van der Waals surface area contributed by atoms with E-state index < -0.39 is 0 Å². The number of carbonyl (C=O) groups is 2. The van der Waals surface area contributed by atoms with Crippen molar-refractivity contribution in [3.63, 3.8) is 0 Å². The molecule has 1 aliphatic heterocycles. The molecule has 0 bridgehead atoms. The summed E-state index contributed by atoms with van der Waals surface area (Å²) in [5, 5.41) is 5.45. The first kappa shape index (κ1) is 11.4. The quantitative estimate of drug-likeness (QED) is 0.806. The summed E-state index contributed by atoms with van der Waals surface area (Å²) < 4.78 is 5.30. The molecular weight excluding hydrogens is 220 g/mol. The highest BCUT2D eigenvalue weighted by molar-refractivity contribution is 6.03. The summed E-state index contributed by atoms with van der Waals surface area (Å²) in [6.45, 7) is 3.71. The molecule has 0 saturated carbocycles. The molecule has 2 rings (SSSR count). The number of rotatable bonds is 2. The number of carbonyl (C=O) groups excluding carboxylic acids is 2. The SMILES string of the molecule is CC(C)NC(=O)c1cccc2c1OCC(=O)N2. The minimum Gasteiger partial charge on any atom is -0.481 e. The number of hydrogen-bond donors (Lipinski definition) is 2. The van der Waals surface area contributed by atoms with Crippen LogP contribution in [0.3, 0.4) is 0 Å². The van der Waals surface area contributed by atoms with Gasteiger partial charge >= 0.3 is 0 Å². The largest absolute Gasteiger partial charge is 0.481 e. The normalized spacial score (nSPS) is 13.7. The van der Waals surface area contributed by atoms with Crippen molar-refractivity contribution in [3.05, 3.63) is 23.8 Å². The summed E-state index contributed by atoms with van der Waals surface area (Å²) in [4.78, 5) is 23.1. The van der Waals surface area contributed by atoms with Crippen LogP contribution in [0.2, 0.25) is 0 Å². The summed E-state index contributed by atoms with van der Waals surface area (Å²) >= 11 is 0. The standard InChI is InChI=1S/C12H14N2O3/c1-7(2)13-12(16)8-4-3-5-9-11(8)17-6-10(15)14-9/h3-5,7H,6H2,1-2H3,(H,13,16)(H,14,15). The average Bonchev–Trinajstić information content (AvgIpc) is 2.26. The number of amides is 2. The first-order valence-electron chi connectivity index (χ1n) is 5.44. The van der Waals surface area contributed by atoms with Gasteiger partial charge < -0.3 is 15.4 Å². The predicted molar refractivity (Wildman–Crippen MR) is 63.2 cm³/mol. The second kappa shape index (κ2) is 4.45. The van der Waals surface area contributed by atoms with Crippen LogP contribution in [0.15, 0.2) is 18.2 Å². The number of ether oxygens (including phenoxy) is 1. The van der Waals surface area contributed by atoms with Gasteiger partial charge in [-0.3, -0.25) is 9.59 Å². The summed E-state index contributed by atoms with van der Waals surface area (Å²) in [7, 11) is 0. The van der Waals surface area contributed by atoms with Crippen LogP contribution in [-0.2, 0) is 4.79 Å². The van der Waals surface area contributed by atoms with Crippen molar-refractivity contribution in [2.24, 2.45) is 0 Å². The first-order valence-corrected chi connectivity index (χ1v) is 5.44. The highest BCUT2D eigenvalue weighted by Crippen LogP contribution is 2.31. The van der Waals surface area contributed by atoms with Crippen LogP contribution < -0.4 is 15.4 Å². The van der Waals surface area contributed by atoms with E-state index in [1.165, 1.54) is 0 Å². The van der Waals surface area contributed by atoms with Gasteiger partial charge in [0.25, 0.3) is 11.8 Å². The summed E-state index contributed by atoms with van der Waals surface area (Å²) in [5.74, 6) is 0.0252. The number of fused-ring (bicyclic) bond motifs is 1. The van der Waals surface area contributed by atoms with Crippen molar-refractivity contribution >= 4 is 17.5 Å². The van der Waals surface area contributed by atoms with Gasteiger partial charge in [-0.15, -0.1) is 0 Å². The number of anilines is 1. The lowest BCUT2D eigenvalue weighted by molar-refractivity contribution is -0.118. The molecule has 1 aliphatic rings. The molecule has 0 unspecified atom stereocenters. The maximum absolute atomic E-state index is 11.9. The molecule has 0 fully saturated rings. The highest BCUT2D eigenvalue weighted by atomic mass is 16.5. The molecule has 0 aliphatic carbocycles. The van der Waals surface area contributed by atoms with Crippen molar-refractivity contribution in [2.75, 3.05) is 11.9 Å². The number of hydrogen-bond acceptors (Lipinski definition) is 3. The topological polar surface area (TPSA) is 67.4 Å². The molecule has 2 amide bonds. The Morgan fingerprint density at radius 2 is 2.24 bits per heavy atom. The Balaban J connectivity index is 2.33. The van der Waals surface area contributed by atoms with Crippen LogP contribution in [0.4, 0.5) is 5.69 Å². The van der Waals surface area contributed by atoms with Gasteiger partial charge in [-0.25, -0.2) is 0 Å². The van der Waals surface area contributed by atoms with E-state index in [0.29, 0.717) is 17.0 Å². The first-order chi connectivity index (χ1) is 8.08. The lowest BCUT2D eigenvalue weighted by atomic mass is 10.1. The summed E-state index contributed by atoms with van der Waals surface area (Å²) in [6.07, 6.45) is 0. The fourth-order valence-corrected chi connectivity index (χ4v) is 1.63. The molecule has 0 aromatic heterocycles. The van der Waals surface area contributed by atoms with Crippen LogP contribution in [-0.4, -0.2) is 24.5 Å². The Kier molecular flexibility index (Phi) is 2.99. The Bertz CT molecular complexity index is 469. The van der Waals surface area contributed by atoms with Gasteiger partial charge in [0.05, 0.1) is 11.3 Å². The van der Waals surface area contributed by atoms with Crippen molar-refractivity contribution < 1.29 is 14.3 Å². The van der Waals surface area contributed by atoms with E-state index in [2.05, 4.69) is 10.6 Å². The molecule has 1 heterocycles. The zero-order valence-electron chi connectivity index (χ0n) is 9.74. The van der Waals surface area contributed by atoms with Gasteiger partial charge in [0.2, 0.25) is 0 Å². The second-order valence-corrected chi connectivity index (χ2v) is 4.15. The molecule has 17 heavy (non-hydrogen) atoms. The van der Waals surface area contributed by atoms with E-state index in [4.69, 9.17) is 4.74 Å². The van der Waals surface area contributed by atoms with Crippen molar-refractivity contribution in [1.82, 2.24) is 5.32 Å². The van der Waals surface area contributed by atoms with E-state index >= 15 is 0 Å². The Morgan fingerprint density at radius 1 is 1.47 bits per heavy atom. The predicted octanol–water partition coefficient (Wildman–Crippen LogP) is 1.16. The highest BCUT2D eigenvalue weighted by Gasteiger charge is 2.22. The van der Waals surface area contributed by atoms with Crippen LogP contribution in [0.25, 0.3) is 0 Å². The number of benzene rings is 1. The third-order valence-electron chi connectivity index (χ3n) is 2.30. The lowest BCUT2D eigenvalue weighted by Crippen LogP contribution is -2.32. The third kappa shape index (κ3) is 2.38. The minimum atomic E-state index is -0.209.